The average Bonchev–Trinajstić information content (AvgIpc) is 2.81. The molecular formula is C13H16ClN3O. The first-order chi connectivity index (χ1) is 8.55. The van der Waals surface area contributed by atoms with Crippen molar-refractivity contribution in [2.45, 2.75) is 32.2 Å². The van der Waals surface area contributed by atoms with Crippen LogP contribution in [-0.4, -0.2) is 19.9 Å². The van der Waals surface area contributed by atoms with Gasteiger partial charge in [0.1, 0.15) is 18.4 Å². The maximum atomic E-state index is 9.42. The van der Waals surface area contributed by atoms with Crippen LogP contribution in [0.4, 0.5) is 0 Å². The van der Waals surface area contributed by atoms with E-state index in [2.05, 4.69) is 23.9 Å². The quantitative estimate of drug-likeness (QED) is 0.925. The van der Waals surface area contributed by atoms with Crippen molar-refractivity contribution in [2.75, 3.05) is 0 Å². The third kappa shape index (κ3) is 2.48. The molecule has 0 aliphatic rings. The zero-order valence-corrected chi connectivity index (χ0v) is 11.2. The minimum Gasteiger partial charge on any atom is -0.508 e. The lowest BCUT2D eigenvalue weighted by molar-refractivity contribution is 0.362. The van der Waals surface area contributed by atoms with Gasteiger partial charge in [0, 0.05) is 10.4 Å². The fourth-order valence-corrected chi connectivity index (χ4v) is 2.46. The van der Waals surface area contributed by atoms with E-state index in [1.165, 1.54) is 6.33 Å². The molecule has 1 aromatic carbocycles. The molecule has 4 nitrogen and oxygen atoms in total. The van der Waals surface area contributed by atoms with E-state index >= 15 is 0 Å². The van der Waals surface area contributed by atoms with Gasteiger partial charge in [0.05, 0.1) is 6.54 Å². The molecular weight excluding hydrogens is 250 g/mol. The molecule has 18 heavy (non-hydrogen) atoms. The summed E-state index contributed by atoms with van der Waals surface area (Å²) in [4.78, 5) is 3.95. The van der Waals surface area contributed by atoms with Crippen molar-refractivity contribution in [1.82, 2.24) is 14.8 Å². The third-order valence-corrected chi connectivity index (χ3v) is 3.67. The average molecular weight is 266 g/mol. The zero-order chi connectivity index (χ0) is 13.2. The molecule has 0 saturated heterocycles. The number of hydrogen-bond donors (Lipinski definition) is 1. The number of benzene rings is 1. The lowest BCUT2D eigenvalue weighted by atomic mass is 9.80. The van der Waals surface area contributed by atoms with Gasteiger partial charge in [-0.05, 0) is 24.1 Å². The molecule has 2 rings (SSSR count). The van der Waals surface area contributed by atoms with Gasteiger partial charge in [-0.2, -0.15) is 5.10 Å². The fourth-order valence-electron chi connectivity index (χ4n) is 2.05. The van der Waals surface area contributed by atoms with E-state index in [0.717, 1.165) is 12.0 Å². The van der Waals surface area contributed by atoms with Crippen molar-refractivity contribution >= 4 is 11.6 Å². The second kappa shape index (κ2) is 4.98. The first kappa shape index (κ1) is 12.9. The highest BCUT2D eigenvalue weighted by Gasteiger charge is 2.28. The summed E-state index contributed by atoms with van der Waals surface area (Å²) in [5, 5.41) is 14.1. The maximum absolute atomic E-state index is 9.42. The zero-order valence-electron chi connectivity index (χ0n) is 10.5. The number of hydrogen-bond acceptors (Lipinski definition) is 3. The van der Waals surface area contributed by atoms with Crippen LogP contribution in [0.15, 0.2) is 30.9 Å². The molecule has 1 N–H and O–H groups in total. The topological polar surface area (TPSA) is 50.9 Å². The van der Waals surface area contributed by atoms with Crippen LogP contribution >= 0.6 is 11.6 Å². The van der Waals surface area contributed by atoms with Crippen molar-refractivity contribution in [3.05, 3.63) is 41.4 Å². The van der Waals surface area contributed by atoms with Gasteiger partial charge in [-0.15, -0.1) is 0 Å². The molecule has 1 aromatic heterocycles. The van der Waals surface area contributed by atoms with E-state index in [1.54, 1.807) is 23.1 Å². The van der Waals surface area contributed by atoms with Gasteiger partial charge >= 0.3 is 0 Å². The fraction of sp³-hybridized carbons (Fsp3) is 0.385. The molecule has 1 unspecified atom stereocenters. The largest absolute Gasteiger partial charge is 0.508 e. The Hall–Kier alpha value is -1.55. The number of aromatic nitrogens is 3. The number of rotatable bonds is 4. The van der Waals surface area contributed by atoms with Crippen molar-refractivity contribution in [2.24, 2.45) is 0 Å². The molecule has 0 bridgehead atoms. The van der Waals surface area contributed by atoms with Crippen molar-refractivity contribution < 1.29 is 5.11 Å². The van der Waals surface area contributed by atoms with E-state index in [1.807, 2.05) is 6.07 Å². The number of nitrogens with zero attached hydrogens (tertiary/aromatic N) is 3. The van der Waals surface area contributed by atoms with E-state index in [0.29, 0.717) is 11.6 Å². The van der Waals surface area contributed by atoms with Crippen molar-refractivity contribution in [3.63, 3.8) is 0 Å². The van der Waals surface area contributed by atoms with Crippen molar-refractivity contribution in [3.8, 4) is 5.75 Å². The van der Waals surface area contributed by atoms with Gasteiger partial charge in [0.15, 0.2) is 0 Å². The molecule has 0 fully saturated rings. The standard InChI is InChI=1S/C13H16ClN3O/c1-3-13(2,7-17-9-15-8-16-17)11-5-4-10(18)6-12(11)14/h4-6,8-9,18H,3,7H2,1-2H3. The molecule has 0 spiro atoms. The third-order valence-electron chi connectivity index (χ3n) is 3.36. The molecule has 1 atom stereocenters. The Labute approximate surface area is 111 Å². The molecule has 0 amide bonds. The van der Waals surface area contributed by atoms with Crippen LogP contribution in [0.25, 0.3) is 0 Å². The Kier molecular flexibility index (Phi) is 3.57. The van der Waals surface area contributed by atoms with Gasteiger partial charge in [-0.3, -0.25) is 4.68 Å². The highest BCUT2D eigenvalue weighted by molar-refractivity contribution is 6.31. The summed E-state index contributed by atoms with van der Waals surface area (Å²) in [7, 11) is 0. The molecule has 0 aliphatic carbocycles. The predicted octanol–water partition coefficient (Wildman–Crippen LogP) is 3.01. The van der Waals surface area contributed by atoms with Crippen LogP contribution in [0.2, 0.25) is 5.02 Å². The van der Waals surface area contributed by atoms with Gasteiger partial charge in [0.25, 0.3) is 0 Å². The maximum Gasteiger partial charge on any atom is 0.137 e. The summed E-state index contributed by atoms with van der Waals surface area (Å²) in [5.41, 5.74) is 0.873. The Bertz CT molecular complexity index is 527. The minimum absolute atomic E-state index is 0.140. The Morgan fingerprint density at radius 3 is 2.78 bits per heavy atom. The van der Waals surface area contributed by atoms with Crippen LogP contribution < -0.4 is 0 Å². The summed E-state index contributed by atoms with van der Waals surface area (Å²) < 4.78 is 1.80. The summed E-state index contributed by atoms with van der Waals surface area (Å²) in [5.74, 6) is 0.183. The number of phenolic OH excluding ortho intramolecular Hbond substituents is 1. The Balaban J connectivity index is 2.36. The van der Waals surface area contributed by atoms with Crippen LogP contribution in [0, 0.1) is 0 Å². The minimum atomic E-state index is -0.140. The lowest BCUT2D eigenvalue weighted by Gasteiger charge is -2.29. The van der Waals surface area contributed by atoms with Gasteiger partial charge < -0.3 is 5.11 Å². The summed E-state index contributed by atoms with van der Waals surface area (Å²) >= 11 is 6.23. The van der Waals surface area contributed by atoms with E-state index in [9.17, 15) is 5.11 Å². The van der Waals surface area contributed by atoms with Gasteiger partial charge in [-0.25, -0.2) is 4.98 Å². The molecule has 1 heterocycles. The number of halogens is 1. The second-order valence-corrected chi connectivity index (χ2v) is 5.08. The Morgan fingerprint density at radius 2 is 2.22 bits per heavy atom. The SMILES string of the molecule is CCC(C)(Cn1cncn1)c1ccc(O)cc1Cl. The van der Waals surface area contributed by atoms with E-state index in [-0.39, 0.29) is 11.2 Å². The molecule has 2 aromatic rings. The Morgan fingerprint density at radius 1 is 1.44 bits per heavy atom. The first-order valence-corrected chi connectivity index (χ1v) is 6.24. The first-order valence-electron chi connectivity index (χ1n) is 5.86. The van der Waals surface area contributed by atoms with E-state index < -0.39 is 0 Å². The predicted molar refractivity (Wildman–Crippen MR) is 70.8 cm³/mol. The molecule has 0 saturated carbocycles. The van der Waals surface area contributed by atoms with Crippen LogP contribution in [0.3, 0.4) is 0 Å². The molecule has 96 valence electrons. The van der Waals surface area contributed by atoms with Crippen molar-refractivity contribution in [1.29, 1.82) is 0 Å². The number of aromatic hydroxyl groups is 1. The highest BCUT2D eigenvalue weighted by Crippen LogP contribution is 2.35. The summed E-state index contributed by atoms with van der Waals surface area (Å²) in [6, 6.07) is 5.11. The van der Waals surface area contributed by atoms with Gasteiger partial charge in [-0.1, -0.05) is 31.5 Å². The summed E-state index contributed by atoms with van der Waals surface area (Å²) in [6.45, 7) is 4.95. The second-order valence-electron chi connectivity index (χ2n) is 4.67. The van der Waals surface area contributed by atoms with Crippen LogP contribution in [0.5, 0.6) is 5.75 Å². The molecule has 0 aliphatic heterocycles. The van der Waals surface area contributed by atoms with Crippen LogP contribution in [-0.2, 0) is 12.0 Å². The summed E-state index contributed by atoms with van der Waals surface area (Å²) in [6.07, 6.45) is 4.13. The van der Waals surface area contributed by atoms with E-state index in [4.69, 9.17) is 11.6 Å². The lowest BCUT2D eigenvalue weighted by Crippen LogP contribution is -2.28. The normalized spacial score (nSPS) is 14.4. The number of phenols is 1. The highest BCUT2D eigenvalue weighted by atomic mass is 35.5. The molecule has 5 heteroatoms. The van der Waals surface area contributed by atoms with Crippen LogP contribution in [0.1, 0.15) is 25.8 Å². The monoisotopic (exact) mass is 265 g/mol. The van der Waals surface area contributed by atoms with Gasteiger partial charge in [0.2, 0.25) is 0 Å². The molecule has 0 radical (unpaired) electrons. The smallest absolute Gasteiger partial charge is 0.137 e.